The molecule has 1 N–H and O–H groups in total. The van der Waals surface area contributed by atoms with Crippen LogP contribution in [-0.2, 0) is 17.9 Å². The second-order valence-corrected chi connectivity index (χ2v) is 9.33. The zero-order valence-corrected chi connectivity index (χ0v) is 17.6. The van der Waals surface area contributed by atoms with Gasteiger partial charge in [-0.25, -0.2) is 0 Å². The van der Waals surface area contributed by atoms with Gasteiger partial charge in [0.1, 0.15) is 0 Å². The van der Waals surface area contributed by atoms with E-state index < -0.39 is 0 Å². The number of carbonyl (C=O) groups is 1. The lowest BCUT2D eigenvalue weighted by molar-refractivity contribution is -0.134. The fraction of sp³-hybridized carbons (Fsp3) is 0.696. The minimum absolute atomic E-state index is 0.0360. The average Bonchev–Trinajstić information content (AvgIpc) is 3.31. The van der Waals surface area contributed by atoms with Gasteiger partial charge >= 0.3 is 0 Å². The van der Waals surface area contributed by atoms with Crippen LogP contribution in [0.5, 0.6) is 0 Å². The van der Waals surface area contributed by atoms with Crippen molar-refractivity contribution in [2.75, 3.05) is 46.8 Å². The van der Waals surface area contributed by atoms with Crippen LogP contribution >= 0.6 is 0 Å². The van der Waals surface area contributed by atoms with Crippen LogP contribution < -0.4 is 5.32 Å². The second kappa shape index (κ2) is 8.52. The topological polar surface area (TPSA) is 38.8 Å². The van der Waals surface area contributed by atoms with Crippen molar-refractivity contribution in [1.82, 2.24) is 20.0 Å². The number of likely N-dealkylation sites (N-methyl/N-ethyl adjacent to an activating group) is 2. The van der Waals surface area contributed by atoms with Crippen molar-refractivity contribution in [2.24, 2.45) is 5.41 Å². The van der Waals surface area contributed by atoms with E-state index in [1.165, 1.54) is 49.9 Å². The molecule has 3 aliphatic rings. The second-order valence-electron chi connectivity index (χ2n) is 9.33. The summed E-state index contributed by atoms with van der Waals surface area (Å²) in [4.78, 5) is 20.1. The van der Waals surface area contributed by atoms with E-state index in [-0.39, 0.29) is 11.9 Å². The largest absolute Gasteiger partial charge is 0.340 e. The van der Waals surface area contributed by atoms with E-state index in [1.54, 1.807) is 0 Å². The van der Waals surface area contributed by atoms with Crippen LogP contribution in [0.3, 0.4) is 0 Å². The number of hydrogen-bond acceptors (Lipinski definition) is 4. The van der Waals surface area contributed by atoms with Crippen molar-refractivity contribution >= 4 is 5.91 Å². The minimum atomic E-state index is 0.0360. The van der Waals surface area contributed by atoms with Gasteiger partial charge in [-0.2, -0.15) is 0 Å². The summed E-state index contributed by atoms with van der Waals surface area (Å²) in [5.74, 6) is 0.286. The summed E-state index contributed by atoms with van der Waals surface area (Å²) < 4.78 is 0. The fourth-order valence-electron chi connectivity index (χ4n) is 5.50. The van der Waals surface area contributed by atoms with E-state index in [0.717, 1.165) is 32.6 Å². The summed E-state index contributed by atoms with van der Waals surface area (Å²) in [7, 11) is 4.12. The number of amides is 1. The highest BCUT2D eigenvalue weighted by Gasteiger charge is 2.46. The van der Waals surface area contributed by atoms with Gasteiger partial charge in [0.2, 0.25) is 5.91 Å². The molecular weight excluding hydrogens is 348 g/mol. The maximum Gasteiger partial charge on any atom is 0.239 e. The Kier molecular flexibility index (Phi) is 6.04. The van der Waals surface area contributed by atoms with E-state index in [1.807, 2.05) is 11.9 Å². The summed E-state index contributed by atoms with van der Waals surface area (Å²) in [6.07, 6.45) is 6.04. The minimum Gasteiger partial charge on any atom is -0.340 e. The lowest BCUT2D eigenvalue weighted by Gasteiger charge is -2.33. The number of piperidine rings is 1. The molecule has 0 saturated carbocycles. The van der Waals surface area contributed by atoms with Gasteiger partial charge in [0.25, 0.3) is 0 Å². The Labute approximate surface area is 170 Å². The van der Waals surface area contributed by atoms with Crippen molar-refractivity contribution in [3.8, 4) is 0 Å². The molecule has 154 valence electrons. The Hall–Kier alpha value is -1.43. The molecule has 1 aromatic carbocycles. The SMILES string of the molecule is CN(Cc1ccccc1CN1CCCC1)C(=O)C1CC2(CCNCC2)CN1C. The highest BCUT2D eigenvalue weighted by molar-refractivity contribution is 5.82. The van der Waals surface area contributed by atoms with E-state index in [0.29, 0.717) is 12.0 Å². The van der Waals surface area contributed by atoms with Crippen molar-refractivity contribution in [1.29, 1.82) is 0 Å². The van der Waals surface area contributed by atoms with Crippen LogP contribution in [0.1, 0.15) is 43.2 Å². The molecule has 1 unspecified atom stereocenters. The van der Waals surface area contributed by atoms with Crippen molar-refractivity contribution < 1.29 is 4.79 Å². The number of nitrogens with one attached hydrogen (secondary N) is 1. The third-order valence-corrected chi connectivity index (χ3v) is 7.19. The number of carbonyl (C=O) groups excluding carboxylic acids is 1. The van der Waals surface area contributed by atoms with Gasteiger partial charge in [-0.05, 0) is 81.9 Å². The smallest absolute Gasteiger partial charge is 0.239 e. The molecule has 5 nitrogen and oxygen atoms in total. The first-order chi connectivity index (χ1) is 13.6. The first kappa shape index (κ1) is 19.9. The predicted octanol–water partition coefficient (Wildman–Crippen LogP) is 2.31. The summed E-state index contributed by atoms with van der Waals surface area (Å²) in [6, 6.07) is 8.70. The third-order valence-electron chi connectivity index (χ3n) is 7.19. The molecule has 0 aliphatic carbocycles. The van der Waals surface area contributed by atoms with Crippen LogP contribution in [0.4, 0.5) is 0 Å². The predicted molar refractivity (Wildman–Crippen MR) is 113 cm³/mol. The molecule has 0 bridgehead atoms. The summed E-state index contributed by atoms with van der Waals surface area (Å²) in [5.41, 5.74) is 3.01. The van der Waals surface area contributed by atoms with Gasteiger partial charge in [-0.15, -0.1) is 0 Å². The molecule has 3 aliphatic heterocycles. The van der Waals surface area contributed by atoms with Crippen LogP contribution in [-0.4, -0.2) is 73.5 Å². The van der Waals surface area contributed by atoms with Gasteiger partial charge < -0.3 is 10.2 Å². The van der Waals surface area contributed by atoms with Gasteiger partial charge in [0.15, 0.2) is 0 Å². The van der Waals surface area contributed by atoms with Crippen LogP contribution in [0.25, 0.3) is 0 Å². The van der Waals surface area contributed by atoms with E-state index in [2.05, 4.69) is 46.4 Å². The molecule has 1 atom stereocenters. The van der Waals surface area contributed by atoms with Gasteiger partial charge in [-0.1, -0.05) is 24.3 Å². The van der Waals surface area contributed by atoms with Gasteiger partial charge in [-0.3, -0.25) is 14.6 Å². The number of rotatable bonds is 5. The standard InChI is InChI=1S/C23H36N4O/c1-25(16-19-7-3-4-8-20(19)17-27-13-5-6-14-27)22(28)21-15-23(18-26(21)2)9-11-24-12-10-23/h3-4,7-8,21,24H,5-6,9-18H2,1-2H3. The lowest BCUT2D eigenvalue weighted by Crippen LogP contribution is -2.42. The molecular formula is C23H36N4O. The molecule has 1 amide bonds. The monoisotopic (exact) mass is 384 g/mol. The van der Waals surface area contributed by atoms with E-state index in [9.17, 15) is 4.79 Å². The molecule has 3 saturated heterocycles. The molecule has 0 radical (unpaired) electrons. The number of nitrogens with zero attached hydrogens (tertiary/aromatic N) is 3. The van der Waals surface area contributed by atoms with Gasteiger partial charge in [0, 0.05) is 26.7 Å². The molecule has 3 heterocycles. The Morgan fingerprint density at radius 2 is 1.86 bits per heavy atom. The fourth-order valence-corrected chi connectivity index (χ4v) is 5.50. The zero-order valence-electron chi connectivity index (χ0n) is 17.6. The first-order valence-corrected chi connectivity index (χ1v) is 11.0. The Bertz CT molecular complexity index is 679. The number of benzene rings is 1. The molecule has 1 spiro atoms. The van der Waals surface area contributed by atoms with Crippen molar-refractivity contribution in [3.63, 3.8) is 0 Å². The summed E-state index contributed by atoms with van der Waals surface area (Å²) in [6.45, 7) is 7.37. The van der Waals surface area contributed by atoms with E-state index in [4.69, 9.17) is 0 Å². The van der Waals surface area contributed by atoms with Crippen LogP contribution in [0.2, 0.25) is 0 Å². The average molecular weight is 385 g/mol. The van der Waals surface area contributed by atoms with Crippen LogP contribution in [0.15, 0.2) is 24.3 Å². The normalized spacial score (nSPS) is 25.4. The highest BCUT2D eigenvalue weighted by Crippen LogP contribution is 2.41. The molecule has 5 heteroatoms. The summed E-state index contributed by atoms with van der Waals surface area (Å²) in [5, 5.41) is 3.47. The lowest BCUT2D eigenvalue weighted by atomic mass is 9.77. The summed E-state index contributed by atoms with van der Waals surface area (Å²) >= 11 is 0. The molecule has 1 aromatic rings. The maximum atomic E-state index is 13.3. The van der Waals surface area contributed by atoms with Crippen molar-refractivity contribution in [3.05, 3.63) is 35.4 Å². The quantitative estimate of drug-likeness (QED) is 0.846. The highest BCUT2D eigenvalue weighted by atomic mass is 16.2. The third kappa shape index (κ3) is 4.27. The zero-order chi connectivity index (χ0) is 19.6. The molecule has 0 aromatic heterocycles. The Morgan fingerprint density at radius 3 is 2.57 bits per heavy atom. The molecule has 28 heavy (non-hydrogen) atoms. The molecule has 3 fully saturated rings. The Balaban J connectivity index is 1.41. The number of likely N-dealkylation sites (tertiary alicyclic amines) is 2. The van der Waals surface area contributed by atoms with Gasteiger partial charge in [0.05, 0.1) is 6.04 Å². The molecule has 4 rings (SSSR count). The Morgan fingerprint density at radius 1 is 1.18 bits per heavy atom. The van der Waals surface area contributed by atoms with Crippen molar-refractivity contribution in [2.45, 2.75) is 51.2 Å². The van der Waals surface area contributed by atoms with E-state index >= 15 is 0 Å². The first-order valence-electron chi connectivity index (χ1n) is 11.0. The number of hydrogen-bond donors (Lipinski definition) is 1. The van der Waals surface area contributed by atoms with Crippen LogP contribution in [0, 0.1) is 5.41 Å². The maximum absolute atomic E-state index is 13.3.